The van der Waals surface area contributed by atoms with Crippen LogP contribution in [0.1, 0.15) is 31.3 Å². The highest BCUT2D eigenvalue weighted by atomic mass is 35.5. The molecule has 2 N–H and O–H groups in total. The van der Waals surface area contributed by atoms with Crippen LogP contribution in [0.3, 0.4) is 0 Å². The van der Waals surface area contributed by atoms with Crippen molar-refractivity contribution in [3.63, 3.8) is 0 Å². The maximum Gasteiger partial charge on any atom is 0.270 e. The van der Waals surface area contributed by atoms with Crippen LogP contribution in [-0.4, -0.2) is 16.4 Å². The van der Waals surface area contributed by atoms with Crippen LogP contribution < -0.4 is 10.6 Å². The van der Waals surface area contributed by atoms with Crippen molar-refractivity contribution in [1.82, 2.24) is 10.3 Å². The second-order valence-corrected chi connectivity index (χ2v) is 6.21. The van der Waals surface area contributed by atoms with Crippen LogP contribution in [0.25, 0.3) is 0 Å². The van der Waals surface area contributed by atoms with Crippen LogP contribution >= 0.6 is 11.6 Å². The van der Waals surface area contributed by atoms with Crippen LogP contribution in [-0.2, 0) is 0 Å². The van der Waals surface area contributed by atoms with E-state index >= 15 is 0 Å². The minimum absolute atomic E-state index is 0.184. The summed E-state index contributed by atoms with van der Waals surface area (Å²) in [6.07, 6.45) is 1.62. The van der Waals surface area contributed by atoms with Crippen molar-refractivity contribution in [3.8, 4) is 0 Å². The van der Waals surface area contributed by atoms with Gasteiger partial charge in [-0.1, -0.05) is 17.7 Å². The highest BCUT2D eigenvalue weighted by Gasteiger charge is 2.15. The molecule has 0 fully saturated rings. The van der Waals surface area contributed by atoms with Gasteiger partial charge in [0.25, 0.3) is 5.91 Å². The molecule has 0 aliphatic carbocycles. The van der Waals surface area contributed by atoms with Gasteiger partial charge >= 0.3 is 0 Å². The highest BCUT2D eigenvalue weighted by molar-refractivity contribution is 6.30. The van der Waals surface area contributed by atoms with E-state index in [1.165, 1.54) is 0 Å². The lowest BCUT2D eigenvalue weighted by atomic mass is 10.1. The second-order valence-electron chi connectivity index (χ2n) is 5.77. The Balaban J connectivity index is 2.07. The lowest BCUT2D eigenvalue weighted by Gasteiger charge is -2.20. The first-order valence-electron chi connectivity index (χ1n) is 6.65. The molecular formula is C16H18ClN3O. The molecule has 21 heavy (non-hydrogen) atoms. The second kappa shape index (κ2) is 6.14. The molecule has 1 aromatic heterocycles. The summed E-state index contributed by atoms with van der Waals surface area (Å²) in [5, 5.41) is 6.71. The van der Waals surface area contributed by atoms with E-state index in [1.54, 1.807) is 12.3 Å². The predicted molar refractivity (Wildman–Crippen MR) is 86.2 cm³/mol. The molecule has 1 aromatic carbocycles. The summed E-state index contributed by atoms with van der Waals surface area (Å²) in [6, 6.07) is 10.9. The van der Waals surface area contributed by atoms with E-state index in [4.69, 9.17) is 11.6 Å². The first-order chi connectivity index (χ1) is 9.83. The van der Waals surface area contributed by atoms with Crippen LogP contribution in [0.15, 0.2) is 42.6 Å². The number of nitrogens with zero attached hydrogens (tertiary/aromatic N) is 1. The molecule has 110 valence electrons. The number of carbonyl (C=O) groups is 1. The van der Waals surface area contributed by atoms with Crippen LogP contribution in [0, 0.1) is 0 Å². The van der Waals surface area contributed by atoms with Gasteiger partial charge in [-0.2, -0.15) is 0 Å². The Morgan fingerprint density at radius 2 is 1.90 bits per heavy atom. The van der Waals surface area contributed by atoms with Crippen molar-refractivity contribution < 1.29 is 4.79 Å². The van der Waals surface area contributed by atoms with E-state index in [2.05, 4.69) is 15.6 Å². The lowest BCUT2D eigenvalue weighted by Crippen LogP contribution is -2.40. The Kier molecular flexibility index (Phi) is 4.48. The number of amides is 1. The number of hydrogen-bond donors (Lipinski definition) is 2. The van der Waals surface area contributed by atoms with E-state index in [-0.39, 0.29) is 11.4 Å². The average Bonchev–Trinajstić information content (AvgIpc) is 2.37. The molecule has 0 unspecified atom stereocenters. The number of hydrogen-bond acceptors (Lipinski definition) is 3. The quantitative estimate of drug-likeness (QED) is 0.901. The molecule has 0 saturated heterocycles. The fourth-order valence-corrected chi connectivity index (χ4v) is 1.93. The number of benzene rings is 1. The summed E-state index contributed by atoms with van der Waals surface area (Å²) in [7, 11) is 0. The molecule has 2 rings (SSSR count). The largest absolute Gasteiger partial charge is 0.354 e. The fourth-order valence-electron chi connectivity index (χ4n) is 1.74. The minimum Gasteiger partial charge on any atom is -0.354 e. The summed E-state index contributed by atoms with van der Waals surface area (Å²) >= 11 is 5.93. The highest BCUT2D eigenvalue weighted by Crippen LogP contribution is 2.19. The Labute approximate surface area is 129 Å². The van der Waals surface area contributed by atoms with Crippen LogP contribution in [0.5, 0.6) is 0 Å². The van der Waals surface area contributed by atoms with Crippen molar-refractivity contribution >= 4 is 28.9 Å². The van der Waals surface area contributed by atoms with Crippen molar-refractivity contribution in [1.29, 1.82) is 0 Å². The van der Waals surface area contributed by atoms with Gasteiger partial charge in [0.05, 0.1) is 11.9 Å². The molecule has 0 spiro atoms. The Morgan fingerprint density at radius 3 is 2.48 bits per heavy atom. The summed E-state index contributed by atoms with van der Waals surface area (Å²) in [5.74, 6) is -0.184. The van der Waals surface area contributed by atoms with Crippen molar-refractivity contribution in [2.24, 2.45) is 0 Å². The third kappa shape index (κ3) is 4.76. The number of pyridine rings is 1. The number of rotatable bonds is 3. The molecule has 1 amide bonds. The molecule has 0 atom stereocenters. The van der Waals surface area contributed by atoms with Crippen molar-refractivity contribution in [2.45, 2.75) is 26.3 Å². The Hall–Kier alpha value is -2.07. The SMILES string of the molecule is CC(C)(C)NC(=O)c1ccc(Nc2cccc(Cl)c2)cn1. The molecule has 2 aromatic rings. The van der Waals surface area contributed by atoms with Gasteiger partial charge < -0.3 is 10.6 Å². The zero-order valence-corrected chi connectivity index (χ0v) is 13.0. The fraction of sp³-hybridized carbons (Fsp3) is 0.250. The van der Waals surface area contributed by atoms with Gasteiger partial charge in [-0.25, -0.2) is 4.98 Å². The number of anilines is 2. The topological polar surface area (TPSA) is 54.0 Å². The molecule has 4 nitrogen and oxygen atoms in total. The summed E-state index contributed by atoms with van der Waals surface area (Å²) in [5.41, 5.74) is 1.78. The van der Waals surface area contributed by atoms with Gasteiger partial charge in [-0.3, -0.25) is 4.79 Å². The third-order valence-corrected chi connectivity index (χ3v) is 2.83. The van der Waals surface area contributed by atoms with Crippen LogP contribution in [0.4, 0.5) is 11.4 Å². The lowest BCUT2D eigenvalue weighted by molar-refractivity contribution is 0.0914. The normalized spacial score (nSPS) is 11.0. The Bertz CT molecular complexity index is 633. The smallest absolute Gasteiger partial charge is 0.270 e. The zero-order valence-electron chi connectivity index (χ0n) is 12.3. The van der Waals surface area contributed by atoms with Gasteiger partial charge in [-0.15, -0.1) is 0 Å². The predicted octanol–water partition coefficient (Wildman–Crippen LogP) is 4.01. The monoisotopic (exact) mass is 303 g/mol. The third-order valence-electron chi connectivity index (χ3n) is 2.60. The number of aromatic nitrogens is 1. The molecule has 0 aliphatic rings. The standard InChI is InChI=1S/C16H18ClN3O/c1-16(2,3)20-15(21)14-8-7-13(10-18-14)19-12-6-4-5-11(17)9-12/h4-10,19H,1-3H3,(H,20,21). The molecule has 1 heterocycles. The summed E-state index contributed by atoms with van der Waals surface area (Å²) < 4.78 is 0. The minimum atomic E-state index is -0.281. The van der Waals surface area contributed by atoms with E-state index in [0.29, 0.717) is 10.7 Å². The van der Waals surface area contributed by atoms with Crippen molar-refractivity contribution in [2.75, 3.05) is 5.32 Å². The number of carbonyl (C=O) groups excluding carboxylic acids is 1. The number of nitrogens with one attached hydrogen (secondary N) is 2. The number of halogens is 1. The maximum absolute atomic E-state index is 12.0. The average molecular weight is 304 g/mol. The van der Waals surface area contributed by atoms with Gasteiger partial charge in [0.15, 0.2) is 0 Å². The van der Waals surface area contributed by atoms with Gasteiger partial charge in [0, 0.05) is 16.2 Å². The van der Waals surface area contributed by atoms with Gasteiger partial charge in [0.1, 0.15) is 5.69 Å². The molecule has 5 heteroatoms. The molecule has 0 aliphatic heterocycles. The summed E-state index contributed by atoms with van der Waals surface area (Å²) in [6.45, 7) is 5.79. The maximum atomic E-state index is 12.0. The zero-order chi connectivity index (χ0) is 15.5. The Morgan fingerprint density at radius 1 is 1.14 bits per heavy atom. The molecule has 0 bridgehead atoms. The first-order valence-corrected chi connectivity index (χ1v) is 7.02. The van der Waals surface area contributed by atoms with E-state index in [0.717, 1.165) is 11.4 Å². The molecule has 0 radical (unpaired) electrons. The van der Waals surface area contributed by atoms with Gasteiger partial charge in [-0.05, 0) is 51.1 Å². The molecular weight excluding hydrogens is 286 g/mol. The molecule has 0 saturated carbocycles. The van der Waals surface area contributed by atoms with E-state index < -0.39 is 0 Å². The van der Waals surface area contributed by atoms with Gasteiger partial charge in [0.2, 0.25) is 0 Å². The van der Waals surface area contributed by atoms with Crippen LogP contribution in [0.2, 0.25) is 5.02 Å². The summed E-state index contributed by atoms with van der Waals surface area (Å²) in [4.78, 5) is 16.1. The first kappa shape index (κ1) is 15.3. The van der Waals surface area contributed by atoms with Crippen molar-refractivity contribution in [3.05, 3.63) is 53.3 Å². The van der Waals surface area contributed by atoms with E-state index in [1.807, 2.05) is 51.1 Å². The van der Waals surface area contributed by atoms with E-state index in [9.17, 15) is 4.79 Å².